The van der Waals surface area contributed by atoms with Crippen LogP contribution in [0, 0.1) is 5.21 Å². The van der Waals surface area contributed by atoms with Gasteiger partial charge >= 0.3 is 0 Å². The van der Waals surface area contributed by atoms with E-state index in [1.165, 1.54) is 19.3 Å². The highest BCUT2D eigenvalue weighted by Gasteiger charge is 2.27. The minimum Gasteiger partial charge on any atom is -0.633 e. The van der Waals surface area contributed by atoms with E-state index in [0.717, 1.165) is 25.8 Å². The van der Waals surface area contributed by atoms with Gasteiger partial charge in [0.2, 0.25) is 0 Å². The van der Waals surface area contributed by atoms with Gasteiger partial charge in [-0.1, -0.05) is 33.1 Å². The molecule has 0 radical (unpaired) electrons. The van der Waals surface area contributed by atoms with Crippen LogP contribution in [0.1, 0.15) is 52.4 Å². The molecule has 0 aromatic heterocycles. The molecular weight excluding hydrogens is 202 g/mol. The fraction of sp³-hybridized carbons (Fsp3) is 1.00. The molecule has 0 saturated carbocycles. The zero-order chi connectivity index (χ0) is 11.9. The molecule has 0 spiro atoms. The fourth-order valence-corrected chi connectivity index (χ4v) is 2.43. The molecule has 0 N–H and O–H groups in total. The summed E-state index contributed by atoms with van der Waals surface area (Å²) in [6, 6.07) is 0. The van der Waals surface area contributed by atoms with Crippen molar-refractivity contribution in [1.82, 2.24) is 0 Å². The molecule has 0 aliphatic carbocycles. The molecule has 1 rings (SSSR count). The van der Waals surface area contributed by atoms with Crippen molar-refractivity contribution < 1.29 is 9.38 Å². The first kappa shape index (κ1) is 13.9. The summed E-state index contributed by atoms with van der Waals surface area (Å²) in [5.74, 6) is 0. The first-order chi connectivity index (χ1) is 7.70. The first-order valence-corrected chi connectivity index (χ1v) is 6.89. The van der Waals surface area contributed by atoms with Gasteiger partial charge in [-0.05, 0) is 19.3 Å². The van der Waals surface area contributed by atoms with Gasteiger partial charge in [-0.25, -0.2) is 0 Å². The molecule has 96 valence electrons. The summed E-state index contributed by atoms with van der Waals surface area (Å²) in [4.78, 5) is 0. The number of hydrogen-bond acceptors (Lipinski definition) is 2. The molecule has 0 bridgehead atoms. The maximum Gasteiger partial charge on any atom is 0.107 e. The van der Waals surface area contributed by atoms with Gasteiger partial charge in [-0.3, -0.25) is 0 Å². The lowest BCUT2D eigenvalue weighted by Gasteiger charge is -2.48. The summed E-state index contributed by atoms with van der Waals surface area (Å²) in [6.45, 7) is 7.14. The van der Waals surface area contributed by atoms with E-state index in [-0.39, 0.29) is 10.8 Å². The Hall–Kier alpha value is -0.120. The molecule has 2 unspecified atom stereocenters. The lowest BCUT2D eigenvalue weighted by atomic mass is 10.1. The van der Waals surface area contributed by atoms with E-state index in [9.17, 15) is 5.21 Å². The molecule has 1 heterocycles. The topological polar surface area (TPSA) is 32.3 Å². The quantitative estimate of drug-likeness (QED) is 0.382. The highest BCUT2D eigenvalue weighted by molar-refractivity contribution is 4.63. The lowest BCUT2D eigenvalue weighted by molar-refractivity contribution is -0.892. The number of hydroxylamine groups is 3. The van der Waals surface area contributed by atoms with Crippen LogP contribution in [0.5, 0.6) is 0 Å². The van der Waals surface area contributed by atoms with Gasteiger partial charge in [0.05, 0.1) is 13.2 Å². The third-order valence-electron chi connectivity index (χ3n) is 3.42. The van der Waals surface area contributed by atoms with E-state index in [1.54, 1.807) is 0 Å². The van der Waals surface area contributed by atoms with Gasteiger partial charge in [0.25, 0.3) is 0 Å². The van der Waals surface area contributed by atoms with E-state index in [4.69, 9.17) is 4.74 Å². The maximum absolute atomic E-state index is 12.4. The molecule has 1 saturated heterocycles. The molecule has 0 aromatic rings. The van der Waals surface area contributed by atoms with Gasteiger partial charge in [0, 0.05) is 0 Å². The predicted molar refractivity (Wildman–Crippen MR) is 67.0 cm³/mol. The monoisotopic (exact) mass is 229 g/mol. The largest absolute Gasteiger partial charge is 0.633 e. The number of hydrogen-bond donors (Lipinski definition) is 0. The predicted octanol–water partition coefficient (Wildman–Crippen LogP) is 3.08. The SMILES string of the molecule is CCCCCC[N+]1([O-])CCOC(CCC)C1. The Bertz CT molecular complexity index is 185. The van der Waals surface area contributed by atoms with E-state index in [0.29, 0.717) is 19.7 Å². The summed E-state index contributed by atoms with van der Waals surface area (Å²) in [6.07, 6.45) is 7.14. The highest BCUT2D eigenvalue weighted by atomic mass is 16.6. The average molecular weight is 229 g/mol. The summed E-state index contributed by atoms with van der Waals surface area (Å²) in [5.41, 5.74) is 0. The highest BCUT2D eigenvalue weighted by Crippen LogP contribution is 2.18. The standard InChI is InChI=1S/C13H27NO2/c1-3-5-6-7-9-14(15)10-11-16-13(12-14)8-4-2/h13H,3-12H2,1-2H3. The summed E-state index contributed by atoms with van der Waals surface area (Å²) in [7, 11) is 0. The second kappa shape index (κ2) is 7.25. The van der Waals surface area contributed by atoms with E-state index >= 15 is 0 Å². The number of unbranched alkanes of at least 4 members (excludes halogenated alkanes) is 3. The summed E-state index contributed by atoms with van der Waals surface area (Å²) >= 11 is 0. The van der Waals surface area contributed by atoms with Gasteiger partial charge < -0.3 is 14.6 Å². The molecule has 3 nitrogen and oxygen atoms in total. The van der Waals surface area contributed by atoms with Crippen LogP contribution in [-0.2, 0) is 4.74 Å². The molecule has 2 atom stereocenters. The second-order valence-corrected chi connectivity index (χ2v) is 5.03. The van der Waals surface area contributed by atoms with Crippen LogP contribution in [0.2, 0.25) is 0 Å². The third kappa shape index (κ3) is 4.81. The molecule has 1 aliphatic heterocycles. The number of quaternary nitrogens is 1. The van der Waals surface area contributed by atoms with Crippen molar-refractivity contribution in [1.29, 1.82) is 0 Å². The van der Waals surface area contributed by atoms with Crippen molar-refractivity contribution in [3.8, 4) is 0 Å². The Kier molecular flexibility index (Phi) is 6.32. The van der Waals surface area contributed by atoms with Gasteiger partial charge in [-0.15, -0.1) is 0 Å². The zero-order valence-electron chi connectivity index (χ0n) is 10.9. The third-order valence-corrected chi connectivity index (χ3v) is 3.42. The van der Waals surface area contributed by atoms with Crippen LogP contribution in [0.4, 0.5) is 0 Å². The minimum absolute atomic E-state index is 0.00557. The van der Waals surface area contributed by atoms with E-state index < -0.39 is 0 Å². The maximum atomic E-state index is 12.4. The van der Waals surface area contributed by atoms with E-state index in [1.807, 2.05) is 0 Å². The summed E-state index contributed by atoms with van der Waals surface area (Å²) < 4.78 is 5.62. The van der Waals surface area contributed by atoms with Crippen LogP contribution < -0.4 is 0 Å². The number of rotatable bonds is 7. The Morgan fingerprint density at radius 2 is 2.00 bits per heavy atom. The number of ether oxygens (including phenoxy) is 1. The Morgan fingerprint density at radius 1 is 1.19 bits per heavy atom. The molecular formula is C13H27NO2. The van der Waals surface area contributed by atoms with Crippen molar-refractivity contribution in [3.63, 3.8) is 0 Å². The van der Waals surface area contributed by atoms with Crippen LogP contribution in [0.3, 0.4) is 0 Å². The smallest absolute Gasteiger partial charge is 0.107 e. The van der Waals surface area contributed by atoms with Crippen molar-refractivity contribution >= 4 is 0 Å². The molecule has 16 heavy (non-hydrogen) atoms. The van der Waals surface area contributed by atoms with Gasteiger partial charge in [-0.2, -0.15) is 0 Å². The van der Waals surface area contributed by atoms with Crippen LogP contribution >= 0.6 is 0 Å². The molecule has 1 fully saturated rings. The first-order valence-electron chi connectivity index (χ1n) is 6.89. The fourth-order valence-electron chi connectivity index (χ4n) is 2.43. The van der Waals surface area contributed by atoms with Gasteiger partial charge in [0.1, 0.15) is 19.2 Å². The Morgan fingerprint density at radius 3 is 2.69 bits per heavy atom. The van der Waals surface area contributed by atoms with Crippen LogP contribution in [0.25, 0.3) is 0 Å². The lowest BCUT2D eigenvalue weighted by Crippen LogP contribution is -2.54. The van der Waals surface area contributed by atoms with Crippen molar-refractivity contribution in [2.24, 2.45) is 0 Å². The normalized spacial score (nSPS) is 30.6. The summed E-state index contributed by atoms with van der Waals surface area (Å²) in [5, 5.41) is 12.4. The number of nitrogens with zero attached hydrogens (tertiary/aromatic N) is 1. The second-order valence-electron chi connectivity index (χ2n) is 5.03. The molecule has 1 aliphatic rings. The number of morpholine rings is 1. The average Bonchev–Trinajstić information content (AvgIpc) is 2.25. The molecule has 0 amide bonds. The van der Waals surface area contributed by atoms with Crippen molar-refractivity contribution in [3.05, 3.63) is 5.21 Å². The Labute approximate surface area is 99.9 Å². The van der Waals surface area contributed by atoms with Gasteiger partial charge in [0.15, 0.2) is 0 Å². The zero-order valence-corrected chi connectivity index (χ0v) is 10.9. The van der Waals surface area contributed by atoms with Crippen LogP contribution in [0.15, 0.2) is 0 Å². The molecule has 3 heteroatoms. The van der Waals surface area contributed by atoms with Crippen molar-refractivity contribution in [2.45, 2.75) is 58.5 Å². The van der Waals surface area contributed by atoms with E-state index in [2.05, 4.69) is 13.8 Å². The molecule has 0 aromatic carbocycles. The van der Waals surface area contributed by atoms with Crippen LogP contribution in [-0.4, -0.2) is 37.0 Å². The minimum atomic E-state index is -0.00557. The Balaban J connectivity index is 2.25. The van der Waals surface area contributed by atoms with Crippen molar-refractivity contribution in [2.75, 3.05) is 26.2 Å².